The van der Waals surface area contributed by atoms with E-state index in [1.54, 1.807) is 0 Å². The average Bonchev–Trinajstić information content (AvgIpc) is 3.25. The summed E-state index contributed by atoms with van der Waals surface area (Å²) in [6.45, 7) is 5.32. The van der Waals surface area contributed by atoms with Crippen molar-refractivity contribution in [1.29, 1.82) is 0 Å². The first-order chi connectivity index (χ1) is 12.7. The number of nitrogens with zero attached hydrogens (tertiary/aromatic N) is 1. The lowest BCUT2D eigenvalue weighted by Gasteiger charge is -2.07. The van der Waals surface area contributed by atoms with Crippen LogP contribution in [0.2, 0.25) is 0 Å². The summed E-state index contributed by atoms with van der Waals surface area (Å²) >= 11 is 0. The fraction of sp³-hybridized carbons (Fsp3) is 0.300. The van der Waals surface area contributed by atoms with E-state index in [0.717, 1.165) is 47.0 Å². The lowest BCUT2D eigenvalue weighted by atomic mass is 10.2. The van der Waals surface area contributed by atoms with Crippen molar-refractivity contribution in [3.63, 3.8) is 0 Å². The number of benzene rings is 1. The second kappa shape index (κ2) is 8.49. The van der Waals surface area contributed by atoms with Crippen LogP contribution in [0.5, 0.6) is 0 Å². The molecule has 0 aliphatic carbocycles. The standard InChI is InChI=1S/C20H24N4O2/c1-3-4-19(25)23-17-8-6-15(7-9-17)11-21-12-16-13-22-24-20(16)18-10-5-14(2)26-18/h5-10,13,21H,3-4,11-12H2,1-2H3,(H,22,24)(H,23,25). The summed E-state index contributed by atoms with van der Waals surface area (Å²) in [6, 6.07) is 11.8. The number of hydrogen-bond donors (Lipinski definition) is 3. The smallest absolute Gasteiger partial charge is 0.224 e. The predicted octanol–water partition coefficient (Wildman–Crippen LogP) is 4.01. The van der Waals surface area contributed by atoms with Crippen LogP contribution < -0.4 is 10.6 Å². The normalized spacial score (nSPS) is 10.8. The zero-order valence-electron chi connectivity index (χ0n) is 15.1. The van der Waals surface area contributed by atoms with Crippen molar-refractivity contribution >= 4 is 11.6 Å². The number of aromatic nitrogens is 2. The van der Waals surface area contributed by atoms with Crippen molar-refractivity contribution in [3.05, 3.63) is 59.5 Å². The Kier molecular flexibility index (Phi) is 5.86. The van der Waals surface area contributed by atoms with Crippen molar-refractivity contribution in [2.24, 2.45) is 0 Å². The van der Waals surface area contributed by atoms with Gasteiger partial charge < -0.3 is 15.1 Å². The first kappa shape index (κ1) is 17.9. The van der Waals surface area contributed by atoms with Gasteiger partial charge in [-0.1, -0.05) is 19.1 Å². The second-order valence-electron chi connectivity index (χ2n) is 6.28. The van der Waals surface area contributed by atoms with Gasteiger partial charge in [0.1, 0.15) is 11.5 Å². The highest BCUT2D eigenvalue weighted by Gasteiger charge is 2.10. The van der Waals surface area contributed by atoms with Crippen LogP contribution in [0.15, 0.2) is 47.0 Å². The van der Waals surface area contributed by atoms with Gasteiger partial charge in [-0.2, -0.15) is 5.10 Å². The second-order valence-corrected chi connectivity index (χ2v) is 6.28. The number of amides is 1. The first-order valence-electron chi connectivity index (χ1n) is 8.84. The Hall–Kier alpha value is -2.86. The molecule has 3 N–H and O–H groups in total. The van der Waals surface area contributed by atoms with Gasteiger partial charge in [-0.25, -0.2) is 0 Å². The minimum absolute atomic E-state index is 0.0547. The van der Waals surface area contributed by atoms with Crippen molar-refractivity contribution in [2.45, 2.75) is 39.8 Å². The molecule has 0 spiro atoms. The Morgan fingerprint density at radius 3 is 2.65 bits per heavy atom. The fourth-order valence-electron chi connectivity index (χ4n) is 2.73. The van der Waals surface area contributed by atoms with Gasteiger partial charge in [0.05, 0.1) is 6.20 Å². The number of nitrogens with one attached hydrogen (secondary N) is 3. The van der Waals surface area contributed by atoms with Crippen LogP contribution in [-0.2, 0) is 17.9 Å². The number of carbonyl (C=O) groups is 1. The van der Waals surface area contributed by atoms with Gasteiger partial charge in [0, 0.05) is 30.8 Å². The highest BCUT2D eigenvalue weighted by Crippen LogP contribution is 2.23. The van der Waals surface area contributed by atoms with E-state index < -0.39 is 0 Å². The van der Waals surface area contributed by atoms with Gasteiger partial charge in [-0.15, -0.1) is 0 Å². The van der Waals surface area contributed by atoms with Crippen LogP contribution in [0.4, 0.5) is 5.69 Å². The van der Waals surface area contributed by atoms with E-state index in [4.69, 9.17) is 4.42 Å². The summed E-state index contributed by atoms with van der Waals surface area (Å²) in [7, 11) is 0. The molecule has 6 heteroatoms. The van der Waals surface area contributed by atoms with E-state index in [1.807, 2.05) is 56.4 Å². The summed E-state index contributed by atoms with van der Waals surface area (Å²) in [4.78, 5) is 11.6. The lowest BCUT2D eigenvalue weighted by Crippen LogP contribution is -2.13. The van der Waals surface area contributed by atoms with Gasteiger partial charge in [0.2, 0.25) is 5.91 Å². The summed E-state index contributed by atoms with van der Waals surface area (Å²) in [5, 5.41) is 13.4. The zero-order valence-corrected chi connectivity index (χ0v) is 15.1. The number of furan rings is 1. The summed E-state index contributed by atoms with van der Waals surface area (Å²) < 4.78 is 5.66. The Morgan fingerprint density at radius 1 is 1.15 bits per heavy atom. The third-order valence-electron chi connectivity index (χ3n) is 4.06. The van der Waals surface area contributed by atoms with Gasteiger partial charge in [-0.3, -0.25) is 9.89 Å². The van der Waals surface area contributed by atoms with Crippen LogP contribution in [0, 0.1) is 6.92 Å². The molecule has 0 saturated heterocycles. The molecule has 0 radical (unpaired) electrons. The molecule has 1 amide bonds. The molecule has 0 unspecified atom stereocenters. The van der Waals surface area contributed by atoms with E-state index in [2.05, 4.69) is 20.8 Å². The molecule has 136 valence electrons. The van der Waals surface area contributed by atoms with Gasteiger partial charge in [0.15, 0.2) is 5.76 Å². The minimum Gasteiger partial charge on any atom is -0.460 e. The lowest BCUT2D eigenvalue weighted by molar-refractivity contribution is -0.116. The molecule has 3 aromatic rings. The van der Waals surface area contributed by atoms with E-state index in [0.29, 0.717) is 13.0 Å². The van der Waals surface area contributed by atoms with Crippen molar-refractivity contribution in [3.8, 4) is 11.5 Å². The number of aryl methyl sites for hydroxylation is 1. The molecule has 0 saturated carbocycles. The number of hydrogen-bond acceptors (Lipinski definition) is 4. The van der Waals surface area contributed by atoms with E-state index >= 15 is 0 Å². The van der Waals surface area contributed by atoms with Crippen LogP contribution in [0.1, 0.15) is 36.7 Å². The fourth-order valence-corrected chi connectivity index (χ4v) is 2.73. The summed E-state index contributed by atoms with van der Waals surface area (Å²) in [6.07, 6.45) is 3.21. The molecule has 0 fully saturated rings. The van der Waals surface area contributed by atoms with E-state index in [9.17, 15) is 4.79 Å². The van der Waals surface area contributed by atoms with Gasteiger partial charge in [-0.05, 0) is 43.2 Å². The Morgan fingerprint density at radius 2 is 1.96 bits per heavy atom. The van der Waals surface area contributed by atoms with E-state index in [1.165, 1.54) is 0 Å². The topological polar surface area (TPSA) is 83.0 Å². The maximum atomic E-state index is 11.6. The van der Waals surface area contributed by atoms with Crippen molar-refractivity contribution in [1.82, 2.24) is 15.5 Å². The quantitative estimate of drug-likeness (QED) is 0.572. The zero-order chi connectivity index (χ0) is 18.4. The van der Waals surface area contributed by atoms with E-state index in [-0.39, 0.29) is 5.91 Å². The number of aromatic amines is 1. The van der Waals surface area contributed by atoms with Crippen molar-refractivity contribution < 1.29 is 9.21 Å². The van der Waals surface area contributed by atoms with Crippen LogP contribution in [-0.4, -0.2) is 16.1 Å². The predicted molar refractivity (Wildman–Crippen MR) is 102 cm³/mol. The number of carbonyl (C=O) groups excluding carboxylic acids is 1. The number of rotatable bonds is 8. The summed E-state index contributed by atoms with van der Waals surface area (Å²) in [5.41, 5.74) is 3.94. The molecule has 2 aromatic heterocycles. The van der Waals surface area contributed by atoms with Crippen LogP contribution >= 0.6 is 0 Å². The SMILES string of the molecule is CCCC(=O)Nc1ccc(CNCc2cn[nH]c2-c2ccc(C)o2)cc1. The van der Waals surface area contributed by atoms with Crippen LogP contribution in [0.3, 0.4) is 0 Å². The number of H-pyrrole nitrogens is 1. The highest BCUT2D eigenvalue weighted by molar-refractivity contribution is 5.90. The maximum absolute atomic E-state index is 11.6. The Labute approximate surface area is 153 Å². The molecule has 0 bridgehead atoms. The molecule has 0 atom stereocenters. The van der Waals surface area contributed by atoms with Gasteiger partial charge >= 0.3 is 0 Å². The number of anilines is 1. The molecule has 1 aromatic carbocycles. The maximum Gasteiger partial charge on any atom is 0.224 e. The highest BCUT2D eigenvalue weighted by atomic mass is 16.3. The molecule has 26 heavy (non-hydrogen) atoms. The molecule has 0 aliphatic heterocycles. The third-order valence-corrected chi connectivity index (χ3v) is 4.06. The van der Waals surface area contributed by atoms with Gasteiger partial charge in [0.25, 0.3) is 0 Å². The molecular formula is C20H24N4O2. The largest absolute Gasteiger partial charge is 0.460 e. The molecule has 0 aliphatic rings. The monoisotopic (exact) mass is 352 g/mol. The van der Waals surface area contributed by atoms with Crippen molar-refractivity contribution in [2.75, 3.05) is 5.32 Å². The Bertz CT molecular complexity index is 849. The summed E-state index contributed by atoms with van der Waals surface area (Å²) in [5.74, 6) is 1.72. The molecule has 2 heterocycles. The minimum atomic E-state index is 0.0547. The van der Waals surface area contributed by atoms with Crippen LogP contribution in [0.25, 0.3) is 11.5 Å². The third kappa shape index (κ3) is 4.61. The molecule has 6 nitrogen and oxygen atoms in total. The average molecular weight is 352 g/mol. The first-order valence-corrected chi connectivity index (χ1v) is 8.84. The molecule has 3 rings (SSSR count). The Balaban J connectivity index is 1.53. The molecular weight excluding hydrogens is 328 g/mol.